The standard InChI is InChI=1S/C19H19F2IN2O2/c20-15-3-1-2-13(10-15)18(24-6-8-26-9-7-24)12-23-19(25)14-4-5-17(22)16(21)11-14/h1-5,10-11,18H,6-9,12H2,(H,23,25). The van der Waals surface area contributed by atoms with Crippen LogP contribution < -0.4 is 5.32 Å². The number of carbonyl (C=O) groups excluding carboxylic acids is 1. The summed E-state index contributed by atoms with van der Waals surface area (Å²) in [6.45, 7) is 2.91. The minimum absolute atomic E-state index is 0.174. The van der Waals surface area contributed by atoms with Gasteiger partial charge in [0.25, 0.3) is 5.91 Å². The molecule has 26 heavy (non-hydrogen) atoms. The second-order valence-corrected chi connectivity index (χ2v) is 7.22. The molecule has 4 nitrogen and oxygen atoms in total. The van der Waals surface area contributed by atoms with E-state index < -0.39 is 5.82 Å². The summed E-state index contributed by atoms with van der Waals surface area (Å²) >= 11 is 1.88. The first-order valence-electron chi connectivity index (χ1n) is 8.35. The van der Waals surface area contributed by atoms with Crippen molar-refractivity contribution in [3.05, 3.63) is 68.8 Å². The van der Waals surface area contributed by atoms with Crippen LogP contribution in [0.5, 0.6) is 0 Å². The van der Waals surface area contributed by atoms with Gasteiger partial charge in [0.05, 0.1) is 19.3 Å². The summed E-state index contributed by atoms with van der Waals surface area (Å²) < 4.78 is 33.2. The normalized spacial score (nSPS) is 16.3. The second kappa shape index (κ2) is 8.88. The van der Waals surface area contributed by atoms with Gasteiger partial charge in [-0.2, -0.15) is 0 Å². The fraction of sp³-hybridized carbons (Fsp3) is 0.316. The first-order valence-corrected chi connectivity index (χ1v) is 9.43. The summed E-state index contributed by atoms with van der Waals surface area (Å²) in [6.07, 6.45) is 0. The number of carbonyl (C=O) groups is 1. The van der Waals surface area contributed by atoms with Gasteiger partial charge >= 0.3 is 0 Å². The minimum atomic E-state index is -0.423. The molecule has 1 saturated heterocycles. The Morgan fingerprint density at radius 2 is 1.96 bits per heavy atom. The zero-order valence-corrected chi connectivity index (χ0v) is 16.2. The molecule has 7 heteroatoms. The molecule has 1 amide bonds. The molecular weight excluding hydrogens is 453 g/mol. The minimum Gasteiger partial charge on any atom is -0.379 e. The maximum Gasteiger partial charge on any atom is 0.251 e. The monoisotopic (exact) mass is 472 g/mol. The number of hydrogen-bond acceptors (Lipinski definition) is 3. The molecule has 138 valence electrons. The fourth-order valence-corrected chi connectivity index (χ4v) is 3.33. The largest absolute Gasteiger partial charge is 0.379 e. The van der Waals surface area contributed by atoms with Crippen LogP contribution >= 0.6 is 22.6 Å². The number of morpholine rings is 1. The number of halogens is 3. The van der Waals surface area contributed by atoms with Crippen molar-refractivity contribution in [3.63, 3.8) is 0 Å². The first-order chi connectivity index (χ1) is 12.5. The molecule has 1 N–H and O–H groups in total. The molecule has 2 aromatic rings. The highest BCUT2D eigenvalue weighted by Crippen LogP contribution is 2.22. The average molecular weight is 472 g/mol. The highest BCUT2D eigenvalue weighted by molar-refractivity contribution is 14.1. The fourth-order valence-electron chi connectivity index (χ4n) is 2.99. The summed E-state index contributed by atoms with van der Waals surface area (Å²) in [5, 5.41) is 2.85. The zero-order chi connectivity index (χ0) is 18.5. The highest BCUT2D eigenvalue weighted by atomic mass is 127. The predicted molar refractivity (Wildman–Crippen MR) is 103 cm³/mol. The number of nitrogens with zero attached hydrogens (tertiary/aromatic N) is 1. The Morgan fingerprint density at radius 3 is 2.65 bits per heavy atom. The quantitative estimate of drug-likeness (QED) is 0.679. The van der Waals surface area contributed by atoms with Crippen molar-refractivity contribution in [2.75, 3.05) is 32.8 Å². The van der Waals surface area contributed by atoms with Crippen molar-refractivity contribution < 1.29 is 18.3 Å². The third-order valence-electron chi connectivity index (χ3n) is 4.36. The van der Waals surface area contributed by atoms with Gasteiger partial charge in [-0.3, -0.25) is 9.69 Å². The number of nitrogens with one attached hydrogen (secondary N) is 1. The molecule has 0 spiro atoms. The van der Waals surface area contributed by atoms with Gasteiger partial charge in [0, 0.05) is 28.8 Å². The lowest BCUT2D eigenvalue weighted by atomic mass is 10.0. The smallest absolute Gasteiger partial charge is 0.251 e. The van der Waals surface area contributed by atoms with E-state index in [9.17, 15) is 13.6 Å². The van der Waals surface area contributed by atoms with Crippen molar-refractivity contribution in [3.8, 4) is 0 Å². The van der Waals surface area contributed by atoms with Gasteiger partial charge in [0.15, 0.2) is 0 Å². The van der Waals surface area contributed by atoms with E-state index >= 15 is 0 Å². The van der Waals surface area contributed by atoms with E-state index in [1.54, 1.807) is 18.2 Å². The predicted octanol–water partition coefficient (Wildman–Crippen LogP) is 3.37. The molecule has 0 aliphatic carbocycles. The molecule has 0 bridgehead atoms. The second-order valence-electron chi connectivity index (χ2n) is 6.06. The summed E-state index contributed by atoms with van der Waals surface area (Å²) in [6, 6.07) is 10.6. The van der Waals surface area contributed by atoms with Gasteiger partial charge in [-0.1, -0.05) is 12.1 Å². The van der Waals surface area contributed by atoms with Crippen molar-refractivity contribution in [2.24, 2.45) is 0 Å². The SMILES string of the molecule is O=C(NCC(c1cccc(F)c1)N1CCOCC1)c1ccc(I)c(F)c1. The van der Waals surface area contributed by atoms with Gasteiger partial charge in [-0.05, 0) is 58.5 Å². The maximum atomic E-state index is 13.7. The molecule has 0 radical (unpaired) electrons. The molecule has 1 heterocycles. The third-order valence-corrected chi connectivity index (χ3v) is 5.23. The van der Waals surface area contributed by atoms with Crippen LogP contribution in [0.4, 0.5) is 8.78 Å². The summed E-state index contributed by atoms with van der Waals surface area (Å²) in [7, 11) is 0. The van der Waals surface area contributed by atoms with E-state index in [0.29, 0.717) is 36.4 Å². The Kier molecular flexibility index (Phi) is 6.55. The topological polar surface area (TPSA) is 41.6 Å². The van der Waals surface area contributed by atoms with Gasteiger partial charge in [0.2, 0.25) is 0 Å². The van der Waals surface area contributed by atoms with E-state index in [2.05, 4.69) is 10.2 Å². The number of ether oxygens (including phenoxy) is 1. The Balaban J connectivity index is 1.74. The lowest BCUT2D eigenvalue weighted by Crippen LogP contribution is -2.43. The molecule has 1 aliphatic heterocycles. The molecule has 1 fully saturated rings. The number of rotatable bonds is 5. The molecular formula is C19H19F2IN2O2. The maximum absolute atomic E-state index is 13.7. The van der Waals surface area contributed by atoms with E-state index in [1.807, 2.05) is 28.7 Å². The third kappa shape index (κ3) is 4.77. The van der Waals surface area contributed by atoms with Crippen LogP contribution in [-0.4, -0.2) is 43.7 Å². The van der Waals surface area contributed by atoms with Crippen LogP contribution in [0.25, 0.3) is 0 Å². The highest BCUT2D eigenvalue weighted by Gasteiger charge is 2.24. The van der Waals surface area contributed by atoms with Crippen LogP contribution in [0, 0.1) is 15.2 Å². The van der Waals surface area contributed by atoms with E-state index in [0.717, 1.165) is 5.56 Å². The molecule has 3 rings (SSSR count). The molecule has 2 aromatic carbocycles. The van der Waals surface area contributed by atoms with Gasteiger partial charge in [-0.25, -0.2) is 8.78 Å². The Hall–Kier alpha value is -1.58. The summed E-state index contributed by atoms with van der Waals surface area (Å²) in [5.41, 5.74) is 1.06. The Morgan fingerprint density at radius 1 is 1.19 bits per heavy atom. The van der Waals surface area contributed by atoms with E-state index in [1.165, 1.54) is 18.2 Å². The molecule has 1 atom stereocenters. The van der Waals surface area contributed by atoms with Gasteiger partial charge in [-0.15, -0.1) is 0 Å². The number of benzene rings is 2. The number of amides is 1. The number of hydrogen-bond donors (Lipinski definition) is 1. The molecule has 1 aliphatic rings. The van der Waals surface area contributed by atoms with Gasteiger partial charge in [0.1, 0.15) is 11.6 Å². The molecule has 1 unspecified atom stereocenters. The Bertz CT molecular complexity index is 782. The first kappa shape index (κ1) is 19.2. The van der Waals surface area contributed by atoms with Crippen molar-refractivity contribution >= 4 is 28.5 Å². The lowest BCUT2D eigenvalue weighted by molar-refractivity contribution is 0.0162. The molecule has 0 aromatic heterocycles. The molecule has 0 saturated carbocycles. The van der Waals surface area contributed by atoms with Crippen molar-refractivity contribution in [1.82, 2.24) is 10.2 Å². The van der Waals surface area contributed by atoms with Crippen LogP contribution in [0.1, 0.15) is 22.0 Å². The van der Waals surface area contributed by atoms with Crippen LogP contribution in [0.15, 0.2) is 42.5 Å². The van der Waals surface area contributed by atoms with Crippen molar-refractivity contribution in [1.29, 1.82) is 0 Å². The van der Waals surface area contributed by atoms with Crippen LogP contribution in [0.3, 0.4) is 0 Å². The summed E-state index contributed by atoms with van der Waals surface area (Å²) in [5.74, 6) is -1.09. The van der Waals surface area contributed by atoms with Crippen LogP contribution in [-0.2, 0) is 4.74 Å². The average Bonchev–Trinajstić information content (AvgIpc) is 2.65. The van der Waals surface area contributed by atoms with Gasteiger partial charge < -0.3 is 10.1 Å². The van der Waals surface area contributed by atoms with Crippen LogP contribution in [0.2, 0.25) is 0 Å². The zero-order valence-electron chi connectivity index (χ0n) is 14.1. The lowest BCUT2D eigenvalue weighted by Gasteiger charge is -2.35. The Labute approximate surface area is 164 Å². The van der Waals surface area contributed by atoms with Crippen molar-refractivity contribution in [2.45, 2.75) is 6.04 Å². The summed E-state index contributed by atoms with van der Waals surface area (Å²) in [4.78, 5) is 14.6. The van der Waals surface area contributed by atoms with E-state index in [-0.39, 0.29) is 23.3 Å². The van der Waals surface area contributed by atoms with E-state index in [4.69, 9.17) is 4.74 Å².